The fourth-order valence-corrected chi connectivity index (χ4v) is 3.74. The van der Waals surface area contributed by atoms with Crippen LogP contribution in [0.15, 0.2) is 18.2 Å². The molecule has 4 amide bonds. The van der Waals surface area contributed by atoms with Crippen molar-refractivity contribution in [2.45, 2.75) is 51.7 Å². The lowest BCUT2D eigenvalue weighted by Gasteiger charge is -2.27. The Hall–Kier alpha value is -3.35. The Bertz CT molecular complexity index is 1020. The van der Waals surface area contributed by atoms with Crippen molar-refractivity contribution in [3.8, 4) is 0 Å². The molecule has 0 bridgehead atoms. The van der Waals surface area contributed by atoms with E-state index in [4.69, 9.17) is 18.9 Å². The van der Waals surface area contributed by atoms with Gasteiger partial charge in [0.1, 0.15) is 11.6 Å². The summed E-state index contributed by atoms with van der Waals surface area (Å²) in [6.45, 7) is 7.77. The number of hydrogen-bond acceptors (Lipinski definition) is 10. The molecular formula is C26H37N3O9. The number of ether oxygens (including phenoxy) is 4. The number of imide groups is 2. The molecule has 0 aromatic heterocycles. The van der Waals surface area contributed by atoms with Crippen LogP contribution in [0.3, 0.4) is 0 Å². The lowest BCUT2D eigenvalue weighted by Crippen LogP contribution is -2.54. The van der Waals surface area contributed by atoms with Gasteiger partial charge in [-0.05, 0) is 39.3 Å². The van der Waals surface area contributed by atoms with Crippen molar-refractivity contribution in [3.05, 3.63) is 29.3 Å². The van der Waals surface area contributed by atoms with E-state index in [1.54, 1.807) is 32.4 Å². The third-order valence-electron chi connectivity index (χ3n) is 5.39. The van der Waals surface area contributed by atoms with Gasteiger partial charge in [-0.15, -0.1) is 0 Å². The van der Waals surface area contributed by atoms with Crippen molar-refractivity contribution in [2.24, 2.45) is 0 Å². The van der Waals surface area contributed by atoms with Crippen LogP contribution in [0, 0.1) is 0 Å². The van der Waals surface area contributed by atoms with E-state index in [2.05, 4.69) is 10.6 Å². The molecule has 1 aromatic rings. The third kappa shape index (κ3) is 8.89. The standard InChI is InChI=1S/C18H21N3O6.C8H16O3/c1-26-9-10-27-8-7-19-12-4-2-3-11-15(12)18(25)21(17(11)24)13-5-6-14(22)20-16(13)23;1-8(2,3)11-7(9)5-6-10-4/h2-4,13,19H,5-10H2,1H3,(H,20,22,23);5-6H2,1-4H3. The minimum Gasteiger partial charge on any atom is -0.460 e. The molecule has 2 aliphatic rings. The number of rotatable bonds is 11. The smallest absolute Gasteiger partial charge is 0.308 e. The molecule has 0 spiro atoms. The van der Waals surface area contributed by atoms with E-state index in [-0.39, 0.29) is 35.5 Å². The highest BCUT2D eigenvalue weighted by Gasteiger charge is 2.45. The summed E-state index contributed by atoms with van der Waals surface area (Å²) in [6.07, 6.45) is 0.549. The molecule has 2 N–H and O–H groups in total. The third-order valence-corrected chi connectivity index (χ3v) is 5.39. The van der Waals surface area contributed by atoms with Gasteiger partial charge in [-0.25, -0.2) is 0 Å². The number of benzene rings is 1. The molecular weight excluding hydrogens is 498 g/mol. The Morgan fingerprint density at radius 3 is 2.37 bits per heavy atom. The van der Waals surface area contributed by atoms with Crippen molar-refractivity contribution < 1.29 is 42.9 Å². The molecule has 1 unspecified atom stereocenters. The molecule has 1 aromatic carbocycles. The van der Waals surface area contributed by atoms with Gasteiger partial charge in [0.05, 0.1) is 44.0 Å². The maximum Gasteiger partial charge on any atom is 0.308 e. The normalized spacial score (nSPS) is 17.0. The summed E-state index contributed by atoms with van der Waals surface area (Å²) in [4.78, 5) is 60.9. The number of esters is 1. The summed E-state index contributed by atoms with van der Waals surface area (Å²) < 4.78 is 20.0. The van der Waals surface area contributed by atoms with Crippen molar-refractivity contribution in [3.63, 3.8) is 0 Å². The predicted octanol–water partition coefficient (Wildman–Crippen LogP) is 1.53. The topological polar surface area (TPSA) is 150 Å². The molecule has 210 valence electrons. The van der Waals surface area contributed by atoms with Gasteiger partial charge in [0, 0.05) is 32.9 Å². The van der Waals surface area contributed by atoms with Crippen molar-refractivity contribution >= 4 is 35.3 Å². The number of methoxy groups -OCH3 is 2. The summed E-state index contributed by atoms with van der Waals surface area (Å²) in [6, 6.07) is 3.96. The summed E-state index contributed by atoms with van der Waals surface area (Å²) in [5.41, 5.74) is 0.611. The van der Waals surface area contributed by atoms with Crippen LogP contribution in [0.1, 0.15) is 60.7 Å². The zero-order valence-electron chi connectivity index (χ0n) is 22.6. The monoisotopic (exact) mass is 535 g/mol. The van der Waals surface area contributed by atoms with Crippen molar-refractivity contribution in [2.75, 3.05) is 52.5 Å². The van der Waals surface area contributed by atoms with Gasteiger partial charge in [0.15, 0.2) is 0 Å². The number of nitrogens with one attached hydrogen (secondary N) is 2. The first kappa shape index (κ1) is 30.9. The van der Waals surface area contributed by atoms with Gasteiger partial charge in [-0.2, -0.15) is 0 Å². The highest BCUT2D eigenvalue weighted by Crippen LogP contribution is 2.32. The quantitative estimate of drug-likeness (QED) is 0.243. The Kier molecular flexibility index (Phi) is 11.8. The molecule has 1 saturated heterocycles. The molecule has 38 heavy (non-hydrogen) atoms. The summed E-state index contributed by atoms with van der Waals surface area (Å²) in [5.74, 6) is -2.29. The Morgan fingerprint density at radius 2 is 1.74 bits per heavy atom. The Morgan fingerprint density at radius 1 is 1.03 bits per heavy atom. The average Bonchev–Trinajstić information content (AvgIpc) is 3.10. The first-order valence-corrected chi connectivity index (χ1v) is 12.4. The highest BCUT2D eigenvalue weighted by molar-refractivity contribution is 6.25. The summed E-state index contributed by atoms with van der Waals surface area (Å²) in [5, 5.41) is 5.28. The molecule has 12 heteroatoms. The van der Waals surface area contributed by atoms with Crippen LogP contribution in [-0.4, -0.2) is 93.3 Å². The van der Waals surface area contributed by atoms with Crippen LogP contribution in [-0.2, 0) is 33.3 Å². The van der Waals surface area contributed by atoms with E-state index < -0.39 is 29.7 Å². The van der Waals surface area contributed by atoms with Gasteiger partial charge in [-0.1, -0.05) is 6.07 Å². The molecule has 0 saturated carbocycles. The zero-order chi connectivity index (χ0) is 28.3. The molecule has 1 atom stereocenters. The van der Waals surface area contributed by atoms with Crippen LogP contribution < -0.4 is 10.6 Å². The van der Waals surface area contributed by atoms with Crippen LogP contribution in [0.2, 0.25) is 0 Å². The molecule has 0 radical (unpaired) electrons. The fourth-order valence-electron chi connectivity index (χ4n) is 3.74. The maximum absolute atomic E-state index is 12.9. The van der Waals surface area contributed by atoms with E-state index in [0.29, 0.717) is 45.1 Å². The fraction of sp³-hybridized carbons (Fsp3) is 0.577. The largest absolute Gasteiger partial charge is 0.460 e. The van der Waals surface area contributed by atoms with Crippen LogP contribution in [0.5, 0.6) is 0 Å². The first-order chi connectivity index (χ1) is 18.0. The van der Waals surface area contributed by atoms with E-state index in [9.17, 15) is 24.0 Å². The van der Waals surface area contributed by atoms with Crippen LogP contribution in [0.4, 0.5) is 5.69 Å². The van der Waals surface area contributed by atoms with Gasteiger partial charge in [0.2, 0.25) is 11.8 Å². The molecule has 12 nitrogen and oxygen atoms in total. The van der Waals surface area contributed by atoms with Gasteiger partial charge in [0.25, 0.3) is 11.8 Å². The number of carbonyl (C=O) groups is 5. The zero-order valence-corrected chi connectivity index (χ0v) is 22.6. The number of carbonyl (C=O) groups excluding carboxylic acids is 5. The molecule has 1 fully saturated rings. The minimum absolute atomic E-state index is 0.0910. The van der Waals surface area contributed by atoms with E-state index in [1.807, 2.05) is 20.8 Å². The SMILES string of the molecule is COCCC(=O)OC(C)(C)C.COCCOCCNc1cccc2c1C(=O)N(C1CCC(=O)NC1=O)C2=O. The van der Waals surface area contributed by atoms with E-state index in [0.717, 1.165) is 4.90 Å². The minimum atomic E-state index is -0.972. The summed E-state index contributed by atoms with van der Waals surface area (Å²) in [7, 11) is 3.15. The second-order valence-corrected chi connectivity index (χ2v) is 9.54. The van der Waals surface area contributed by atoms with Crippen molar-refractivity contribution in [1.29, 1.82) is 0 Å². The number of piperidine rings is 1. The Labute approximate surface area is 222 Å². The number of anilines is 1. The van der Waals surface area contributed by atoms with Gasteiger partial charge in [-0.3, -0.25) is 34.2 Å². The average molecular weight is 536 g/mol. The number of amides is 4. The van der Waals surface area contributed by atoms with Crippen LogP contribution >= 0.6 is 0 Å². The molecule has 3 rings (SSSR count). The first-order valence-electron chi connectivity index (χ1n) is 12.4. The predicted molar refractivity (Wildman–Crippen MR) is 137 cm³/mol. The molecule has 2 heterocycles. The number of fused-ring (bicyclic) bond motifs is 1. The van der Waals surface area contributed by atoms with Gasteiger partial charge < -0.3 is 24.3 Å². The highest BCUT2D eigenvalue weighted by atomic mass is 16.6. The second kappa shape index (κ2) is 14.6. The van der Waals surface area contributed by atoms with E-state index in [1.165, 1.54) is 0 Å². The van der Waals surface area contributed by atoms with E-state index >= 15 is 0 Å². The number of hydrogen-bond donors (Lipinski definition) is 2. The molecule has 0 aliphatic carbocycles. The Balaban J connectivity index is 0.000000391. The number of nitrogens with zero attached hydrogens (tertiary/aromatic N) is 1. The van der Waals surface area contributed by atoms with Crippen molar-refractivity contribution in [1.82, 2.24) is 10.2 Å². The summed E-state index contributed by atoms with van der Waals surface area (Å²) >= 11 is 0. The van der Waals surface area contributed by atoms with Crippen LogP contribution in [0.25, 0.3) is 0 Å². The lowest BCUT2D eigenvalue weighted by molar-refractivity contribution is -0.155. The van der Waals surface area contributed by atoms with Gasteiger partial charge >= 0.3 is 5.97 Å². The maximum atomic E-state index is 12.9. The lowest BCUT2D eigenvalue weighted by atomic mass is 10.0. The molecule has 2 aliphatic heterocycles. The second-order valence-electron chi connectivity index (χ2n) is 9.54.